The van der Waals surface area contributed by atoms with E-state index in [1.165, 1.54) is 4.57 Å². The number of aromatic nitrogens is 2. The van der Waals surface area contributed by atoms with E-state index >= 15 is 0 Å². The zero-order valence-corrected chi connectivity index (χ0v) is 18.6. The smallest absolute Gasteiger partial charge is 0.330 e. The van der Waals surface area contributed by atoms with Crippen LogP contribution in [-0.4, -0.2) is 53.9 Å². The van der Waals surface area contributed by atoms with Crippen molar-refractivity contribution < 1.29 is 19.1 Å². The fourth-order valence-corrected chi connectivity index (χ4v) is 4.75. The molecule has 0 radical (unpaired) electrons. The van der Waals surface area contributed by atoms with Crippen LogP contribution in [0.4, 0.5) is 5.69 Å². The lowest BCUT2D eigenvalue weighted by Gasteiger charge is -2.31. The zero-order chi connectivity index (χ0) is 21.6. The van der Waals surface area contributed by atoms with E-state index in [-0.39, 0.29) is 31.2 Å². The fourth-order valence-electron chi connectivity index (χ4n) is 3.99. The molecule has 2 amide bonds. The number of imidazole rings is 1. The number of hydrogen-bond donors (Lipinski definition) is 1. The van der Waals surface area contributed by atoms with Gasteiger partial charge in [0.25, 0.3) is 5.91 Å². The average molecular weight is 433 g/mol. The van der Waals surface area contributed by atoms with Crippen molar-refractivity contribution in [3.63, 3.8) is 0 Å². The zero-order valence-electron chi connectivity index (χ0n) is 17.6. The Labute approximate surface area is 175 Å². The fraction of sp³-hybridized carbons (Fsp3) is 0.550. The minimum Gasteiger partial charge on any atom is -0.487 e. The third-order valence-corrected chi connectivity index (χ3v) is 7.38. The van der Waals surface area contributed by atoms with Crippen LogP contribution < -0.4 is 16.2 Å². The molecule has 30 heavy (non-hydrogen) atoms. The first-order valence-electron chi connectivity index (χ1n) is 10.3. The normalized spacial score (nSPS) is 19.4. The molecule has 9 nitrogen and oxygen atoms in total. The monoisotopic (exact) mass is 432 g/mol. The van der Waals surface area contributed by atoms with Gasteiger partial charge in [0.2, 0.25) is 5.91 Å². The van der Waals surface area contributed by atoms with Crippen molar-refractivity contribution >= 4 is 36.6 Å². The van der Waals surface area contributed by atoms with E-state index in [0.717, 1.165) is 10.9 Å². The van der Waals surface area contributed by atoms with Crippen LogP contribution in [-0.2, 0) is 20.9 Å². The van der Waals surface area contributed by atoms with Gasteiger partial charge in [-0.05, 0) is 24.6 Å². The van der Waals surface area contributed by atoms with Crippen LogP contribution in [0.5, 0.6) is 5.75 Å². The van der Waals surface area contributed by atoms with Crippen LogP contribution in [0.15, 0.2) is 16.9 Å². The summed E-state index contributed by atoms with van der Waals surface area (Å²) in [6.45, 7) is 7.88. The van der Waals surface area contributed by atoms with E-state index in [1.807, 2.05) is 0 Å². The molecule has 2 aliphatic rings. The molecule has 0 spiro atoms. The molecule has 2 aromatic rings. The summed E-state index contributed by atoms with van der Waals surface area (Å²) in [6.07, 6.45) is 0.466. The molecule has 1 atom stereocenters. The van der Waals surface area contributed by atoms with Crippen LogP contribution in [0.2, 0.25) is 25.7 Å². The number of ether oxygens (including phenoxy) is 2. The second-order valence-electron chi connectivity index (χ2n) is 9.07. The minimum atomic E-state index is -1.27. The van der Waals surface area contributed by atoms with Crippen molar-refractivity contribution in [2.75, 3.05) is 25.7 Å². The highest BCUT2D eigenvalue weighted by atomic mass is 28.3. The number of nitrogens with zero attached hydrogens (tertiary/aromatic N) is 3. The SMILES string of the molecule is C[Si](C)(C)CCOCN1C(=O)CCC(n2c(=O)n3c4c(c(N)ccc42)OCC3)C1=O. The van der Waals surface area contributed by atoms with Crippen molar-refractivity contribution in [3.05, 3.63) is 22.6 Å². The van der Waals surface area contributed by atoms with Crippen LogP contribution in [0, 0.1) is 0 Å². The van der Waals surface area contributed by atoms with Gasteiger partial charge in [0.15, 0.2) is 5.75 Å². The number of carbonyl (C=O) groups excluding carboxylic acids is 2. The number of carbonyl (C=O) groups is 2. The maximum atomic E-state index is 13.2. The van der Waals surface area contributed by atoms with E-state index in [4.69, 9.17) is 15.2 Å². The van der Waals surface area contributed by atoms with Gasteiger partial charge in [-0.1, -0.05) is 19.6 Å². The quantitative estimate of drug-likeness (QED) is 0.323. The van der Waals surface area contributed by atoms with Gasteiger partial charge < -0.3 is 15.2 Å². The third-order valence-electron chi connectivity index (χ3n) is 5.68. The summed E-state index contributed by atoms with van der Waals surface area (Å²) in [4.78, 5) is 39.9. The predicted octanol–water partition coefficient (Wildman–Crippen LogP) is 1.78. The number of nitrogens with two attached hydrogens (primary N) is 1. The minimum absolute atomic E-state index is 0.0760. The maximum Gasteiger partial charge on any atom is 0.330 e. The summed E-state index contributed by atoms with van der Waals surface area (Å²) < 4.78 is 14.4. The van der Waals surface area contributed by atoms with Gasteiger partial charge in [-0.3, -0.25) is 23.6 Å². The van der Waals surface area contributed by atoms with E-state index < -0.39 is 20.0 Å². The Morgan fingerprint density at radius 3 is 2.73 bits per heavy atom. The van der Waals surface area contributed by atoms with E-state index in [1.54, 1.807) is 16.7 Å². The Balaban J connectivity index is 1.63. The molecule has 1 unspecified atom stereocenters. The lowest BCUT2D eigenvalue weighted by atomic mass is 10.0. The molecule has 0 bridgehead atoms. The molecular formula is C20H28N4O5Si. The number of likely N-dealkylation sites (tertiary alicyclic amines) is 1. The highest BCUT2D eigenvalue weighted by molar-refractivity contribution is 6.76. The van der Waals surface area contributed by atoms with E-state index in [9.17, 15) is 14.4 Å². The molecule has 1 aromatic carbocycles. The summed E-state index contributed by atoms with van der Waals surface area (Å²) in [7, 11) is -1.27. The van der Waals surface area contributed by atoms with E-state index in [2.05, 4.69) is 19.6 Å². The number of piperidine rings is 1. The molecule has 1 saturated heterocycles. The molecule has 1 aromatic heterocycles. The lowest BCUT2D eigenvalue weighted by molar-refractivity contribution is -0.157. The second kappa shape index (κ2) is 7.58. The van der Waals surface area contributed by atoms with Crippen molar-refractivity contribution in [1.29, 1.82) is 0 Å². The molecule has 3 heterocycles. The van der Waals surface area contributed by atoms with Gasteiger partial charge in [-0.2, -0.15) is 0 Å². The standard InChI is InChI=1S/C20H28N4O5Si/c1-30(2,3)11-10-28-12-23-16(25)7-6-15(19(23)26)24-14-5-4-13(21)18-17(14)22(20(24)27)8-9-29-18/h4-5,15H,6-12,21H2,1-3H3. The molecule has 4 rings (SSSR count). The second-order valence-corrected chi connectivity index (χ2v) is 14.7. The van der Waals surface area contributed by atoms with Crippen LogP contribution >= 0.6 is 0 Å². The number of hydrogen-bond acceptors (Lipinski definition) is 6. The molecule has 1 fully saturated rings. The highest BCUT2D eigenvalue weighted by Crippen LogP contribution is 2.36. The molecule has 162 valence electrons. The topological polar surface area (TPSA) is 109 Å². The van der Waals surface area contributed by atoms with Crippen molar-refractivity contribution in [1.82, 2.24) is 14.0 Å². The Kier molecular flexibility index (Phi) is 5.23. The summed E-state index contributed by atoms with van der Waals surface area (Å²) in [5, 5.41) is 0. The lowest BCUT2D eigenvalue weighted by Crippen LogP contribution is -2.48. The van der Waals surface area contributed by atoms with Crippen molar-refractivity contribution in [3.8, 4) is 5.75 Å². The Morgan fingerprint density at radius 2 is 2.00 bits per heavy atom. The molecule has 0 saturated carbocycles. The maximum absolute atomic E-state index is 13.2. The molecule has 10 heteroatoms. The number of benzene rings is 1. The average Bonchev–Trinajstić information content (AvgIpc) is 2.97. The Bertz CT molecular complexity index is 1070. The summed E-state index contributed by atoms with van der Waals surface area (Å²) in [5.74, 6) is -0.196. The number of nitrogen functional groups attached to an aromatic ring is 1. The predicted molar refractivity (Wildman–Crippen MR) is 115 cm³/mol. The Morgan fingerprint density at radius 1 is 1.23 bits per heavy atom. The summed E-state index contributed by atoms with van der Waals surface area (Å²) in [6, 6.07) is 3.61. The molecule has 0 aliphatic carbocycles. The van der Waals surface area contributed by atoms with E-state index in [0.29, 0.717) is 42.2 Å². The first-order valence-corrected chi connectivity index (χ1v) is 14.0. The van der Waals surface area contributed by atoms with Gasteiger partial charge in [0, 0.05) is 21.1 Å². The number of anilines is 1. The van der Waals surface area contributed by atoms with Crippen LogP contribution in [0.25, 0.3) is 11.0 Å². The van der Waals surface area contributed by atoms with Crippen LogP contribution in [0.1, 0.15) is 18.9 Å². The van der Waals surface area contributed by atoms with Gasteiger partial charge >= 0.3 is 5.69 Å². The third kappa shape index (κ3) is 3.54. The number of imide groups is 1. The largest absolute Gasteiger partial charge is 0.487 e. The van der Waals surface area contributed by atoms with Gasteiger partial charge in [-0.25, -0.2) is 4.79 Å². The highest BCUT2D eigenvalue weighted by Gasteiger charge is 2.38. The van der Waals surface area contributed by atoms with Crippen LogP contribution in [0.3, 0.4) is 0 Å². The molecular weight excluding hydrogens is 404 g/mol. The molecule has 2 aliphatic heterocycles. The number of rotatable bonds is 6. The summed E-state index contributed by atoms with van der Waals surface area (Å²) in [5.41, 5.74) is 7.39. The van der Waals surface area contributed by atoms with Gasteiger partial charge in [0.1, 0.15) is 24.9 Å². The molecule has 2 N–H and O–H groups in total. The first kappa shape index (κ1) is 20.7. The van der Waals surface area contributed by atoms with Gasteiger partial charge in [-0.15, -0.1) is 0 Å². The Hall–Kier alpha value is -2.59. The van der Waals surface area contributed by atoms with Crippen molar-refractivity contribution in [2.24, 2.45) is 0 Å². The summed E-state index contributed by atoms with van der Waals surface area (Å²) >= 11 is 0. The first-order chi connectivity index (χ1) is 14.2. The van der Waals surface area contributed by atoms with Gasteiger partial charge in [0.05, 0.1) is 17.7 Å². The number of amides is 2. The van der Waals surface area contributed by atoms with Crippen molar-refractivity contribution in [2.45, 2.75) is 51.1 Å².